The molecule has 0 spiro atoms. The first kappa shape index (κ1) is 17.1. The van der Waals surface area contributed by atoms with Gasteiger partial charge in [0.15, 0.2) is 0 Å². The Bertz CT molecular complexity index is 488. The molecule has 0 bridgehead atoms. The van der Waals surface area contributed by atoms with Crippen molar-refractivity contribution in [1.29, 1.82) is 0 Å². The van der Waals surface area contributed by atoms with E-state index in [0.717, 1.165) is 49.8 Å². The van der Waals surface area contributed by atoms with Gasteiger partial charge in [0, 0.05) is 24.7 Å². The molecule has 1 N–H and O–H groups in total. The molecule has 122 valence electrons. The average molecular weight is 325 g/mol. The molecule has 3 rings (SSSR count). The molecule has 2 fully saturated rings. The van der Waals surface area contributed by atoms with Crippen molar-refractivity contribution in [3.8, 4) is 5.75 Å². The Kier molecular flexibility index (Phi) is 6.09. The predicted octanol–water partition coefficient (Wildman–Crippen LogP) is 2.72. The second-order valence-electron chi connectivity index (χ2n) is 6.13. The topological polar surface area (TPSA) is 41.6 Å². The van der Waals surface area contributed by atoms with Gasteiger partial charge in [0.05, 0.1) is 6.61 Å². The SMILES string of the molecule is CNCC1CCCN1C(=O)c1ccc(OCC2CC2)cc1.Cl. The fraction of sp³-hybridized carbons (Fsp3) is 0.588. The standard InChI is InChI=1S/C17H24N2O2.ClH/c1-18-11-15-3-2-10-19(15)17(20)14-6-8-16(9-7-14)21-12-13-4-5-13;/h6-9,13,15,18H,2-5,10-12H2,1H3;1H. The van der Waals surface area contributed by atoms with Crippen molar-refractivity contribution in [2.45, 2.75) is 31.7 Å². The number of benzene rings is 1. The molecular formula is C17H25ClN2O2. The van der Waals surface area contributed by atoms with Gasteiger partial charge in [0.2, 0.25) is 0 Å². The third kappa shape index (κ3) is 4.14. The molecule has 1 aromatic carbocycles. The zero-order valence-corrected chi connectivity index (χ0v) is 13.9. The van der Waals surface area contributed by atoms with Gasteiger partial charge in [-0.2, -0.15) is 0 Å². The van der Waals surface area contributed by atoms with Crippen molar-refractivity contribution < 1.29 is 9.53 Å². The van der Waals surface area contributed by atoms with Crippen molar-refractivity contribution in [1.82, 2.24) is 10.2 Å². The van der Waals surface area contributed by atoms with E-state index < -0.39 is 0 Å². The number of carbonyl (C=O) groups is 1. The Morgan fingerprint density at radius 1 is 1.27 bits per heavy atom. The van der Waals surface area contributed by atoms with Crippen LogP contribution in [0.1, 0.15) is 36.0 Å². The molecule has 1 aliphatic carbocycles. The zero-order chi connectivity index (χ0) is 14.7. The minimum atomic E-state index is 0. The lowest BCUT2D eigenvalue weighted by Crippen LogP contribution is -2.40. The van der Waals surface area contributed by atoms with E-state index in [1.807, 2.05) is 36.2 Å². The number of amides is 1. The summed E-state index contributed by atoms with van der Waals surface area (Å²) >= 11 is 0. The van der Waals surface area contributed by atoms with Crippen molar-refractivity contribution >= 4 is 18.3 Å². The van der Waals surface area contributed by atoms with Crippen LogP contribution in [0.4, 0.5) is 0 Å². The minimum Gasteiger partial charge on any atom is -0.493 e. The van der Waals surface area contributed by atoms with Gasteiger partial charge >= 0.3 is 0 Å². The van der Waals surface area contributed by atoms with Gasteiger partial charge in [0.25, 0.3) is 5.91 Å². The summed E-state index contributed by atoms with van der Waals surface area (Å²) in [5, 5.41) is 3.17. The molecule has 4 nitrogen and oxygen atoms in total. The maximum atomic E-state index is 12.6. The number of likely N-dealkylation sites (tertiary alicyclic amines) is 1. The summed E-state index contributed by atoms with van der Waals surface area (Å²) in [5.41, 5.74) is 0.761. The van der Waals surface area contributed by atoms with Crippen LogP contribution in [0.15, 0.2) is 24.3 Å². The quantitative estimate of drug-likeness (QED) is 0.875. The molecular weight excluding hydrogens is 300 g/mol. The Morgan fingerprint density at radius 2 is 2.00 bits per heavy atom. The van der Waals surface area contributed by atoms with Crippen LogP contribution in [-0.2, 0) is 0 Å². The first-order chi connectivity index (χ1) is 10.3. The molecule has 1 unspecified atom stereocenters. The van der Waals surface area contributed by atoms with Crippen LogP contribution >= 0.6 is 12.4 Å². The first-order valence-electron chi connectivity index (χ1n) is 7.96. The summed E-state index contributed by atoms with van der Waals surface area (Å²) < 4.78 is 5.71. The number of hydrogen-bond donors (Lipinski definition) is 1. The fourth-order valence-corrected chi connectivity index (χ4v) is 2.91. The van der Waals surface area contributed by atoms with Crippen molar-refractivity contribution in [2.24, 2.45) is 5.92 Å². The second-order valence-corrected chi connectivity index (χ2v) is 6.13. The molecule has 5 heteroatoms. The largest absolute Gasteiger partial charge is 0.493 e. The van der Waals surface area contributed by atoms with Gasteiger partial charge in [-0.1, -0.05) is 0 Å². The molecule has 2 aliphatic rings. The molecule has 0 aromatic heterocycles. The number of likely N-dealkylation sites (N-methyl/N-ethyl adjacent to an activating group) is 1. The van der Waals surface area contributed by atoms with E-state index in [1.54, 1.807) is 0 Å². The molecule has 1 heterocycles. The Labute approximate surface area is 138 Å². The third-order valence-corrected chi connectivity index (χ3v) is 4.36. The number of ether oxygens (including phenoxy) is 1. The van der Waals surface area contributed by atoms with Crippen LogP contribution < -0.4 is 10.1 Å². The Morgan fingerprint density at radius 3 is 2.64 bits per heavy atom. The first-order valence-corrected chi connectivity index (χ1v) is 7.96. The van der Waals surface area contributed by atoms with Gasteiger partial charge < -0.3 is 15.0 Å². The normalized spacial score (nSPS) is 20.6. The van der Waals surface area contributed by atoms with E-state index >= 15 is 0 Å². The van der Waals surface area contributed by atoms with E-state index in [-0.39, 0.29) is 18.3 Å². The molecule has 1 aromatic rings. The van der Waals surface area contributed by atoms with Gasteiger partial charge in [-0.05, 0) is 62.9 Å². The highest BCUT2D eigenvalue weighted by atomic mass is 35.5. The number of carbonyl (C=O) groups excluding carboxylic acids is 1. The van der Waals surface area contributed by atoms with Crippen LogP contribution in [0.2, 0.25) is 0 Å². The van der Waals surface area contributed by atoms with E-state index in [4.69, 9.17) is 4.74 Å². The third-order valence-electron chi connectivity index (χ3n) is 4.36. The van der Waals surface area contributed by atoms with Crippen LogP contribution in [0, 0.1) is 5.92 Å². The number of nitrogens with zero attached hydrogens (tertiary/aromatic N) is 1. The van der Waals surface area contributed by atoms with Gasteiger partial charge in [0.1, 0.15) is 5.75 Å². The number of hydrogen-bond acceptors (Lipinski definition) is 3. The van der Waals surface area contributed by atoms with Gasteiger partial charge in [-0.3, -0.25) is 4.79 Å². The highest BCUT2D eigenvalue weighted by Crippen LogP contribution is 2.29. The molecule has 1 amide bonds. The second kappa shape index (κ2) is 7.84. The highest BCUT2D eigenvalue weighted by Gasteiger charge is 2.28. The molecule has 0 radical (unpaired) electrons. The van der Waals surface area contributed by atoms with E-state index in [9.17, 15) is 4.79 Å². The Hall–Kier alpha value is -1.26. The maximum Gasteiger partial charge on any atom is 0.254 e. The molecule has 1 atom stereocenters. The fourth-order valence-electron chi connectivity index (χ4n) is 2.91. The highest BCUT2D eigenvalue weighted by molar-refractivity contribution is 5.94. The van der Waals surface area contributed by atoms with E-state index in [1.165, 1.54) is 12.8 Å². The van der Waals surface area contributed by atoms with Crippen LogP contribution in [-0.4, -0.2) is 43.6 Å². The molecule has 1 aliphatic heterocycles. The minimum absolute atomic E-state index is 0. The molecule has 1 saturated carbocycles. The number of rotatable bonds is 6. The van der Waals surface area contributed by atoms with Crippen molar-refractivity contribution in [3.63, 3.8) is 0 Å². The predicted molar refractivity (Wildman–Crippen MR) is 89.9 cm³/mol. The number of nitrogens with one attached hydrogen (secondary N) is 1. The smallest absolute Gasteiger partial charge is 0.254 e. The summed E-state index contributed by atoms with van der Waals surface area (Å²) in [5.74, 6) is 1.76. The van der Waals surface area contributed by atoms with Gasteiger partial charge in [-0.15, -0.1) is 12.4 Å². The summed E-state index contributed by atoms with van der Waals surface area (Å²) in [6.07, 6.45) is 4.77. The van der Waals surface area contributed by atoms with Crippen LogP contribution in [0.5, 0.6) is 5.75 Å². The van der Waals surface area contributed by atoms with Crippen molar-refractivity contribution in [2.75, 3.05) is 26.7 Å². The Balaban J connectivity index is 0.00000176. The van der Waals surface area contributed by atoms with Crippen molar-refractivity contribution in [3.05, 3.63) is 29.8 Å². The molecule has 1 saturated heterocycles. The zero-order valence-electron chi connectivity index (χ0n) is 13.1. The maximum absolute atomic E-state index is 12.6. The van der Waals surface area contributed by atoms with E-state index in [0.29, 0.717) is 6.04 Å². The van der Waals surface area contributed by atoms with Gasteiger partial charge in [-0.25, -0.2) is 0 Å². The van der Waals surface area contributed by atoms with Crippen LogP contribution in [0.3, 0.4) is 0 Å². The molecule has 22 heavy (non-hydrogen) atoms. The lowest BCUT2D eigenvalue weighted by Gasteiger charge is -2.24. The monoisotopic (exact) mass is 324 g/mol. The summed E-state index contributed by atoms with van der Waals surface area (Å²) in [6.45, 7) is 2.54. The number of halogens is 1. The summed E-state index contributed by atoms with van der Waals surface area (Å²) in [4.78, 5) is 14.6. The lowest BCUT2D eigenvalue weighted by atomic mass is 10.1. The summed E-state index contributed by atoms with van der Waals surface area (Å²) in [7, 11) is 1.94. The lowest BCUT2D eigenvalue weighted by molar-refractivity contribution is 0.0737. The van der Waals surface area contributed by atoms with Crippen LogP contribution in [0.25, 0.3) is 0 Å². The van der Waals surface area contributed by atoms with E-state index in [2.05, 4.69) is 5.32 Å². The average Bonchev–Trinajstić information content (AvgIpc) is 3.23. The summed E-state index contributed by atoms with van der Waals surface area (Å²) in [6, 6.07) is 7.93.